The van der Waals surface area contributed by atoms with E-state index in [2.05, 4.69) is 4.72 Å². The number of carbonyl (C=O) groups excluding carboxylic acids is 1. The molecule has 0 aliphatic rings. The van der Waals surface area contributed by atoms with Crippen molar-refractivity contribution < 1.29 is 13.2 Å². The summed E-state index contributed by atoms with van der Waals surface area (Å²) in [6.07, 6.45) is -0.0981. The second-order valence-electron chi connectivity index (χ2n) is 3.88. The molecular weight excluding hydrogens is 278 g/mol. The Morgan fingerprint density at radius 1 is 1.50 bits per heavy atom. The van der Waals surface area contributed by atoms with Gasteiger partial charge in [-0.1, -0.05) is 11.6 Å². The number of amides is 1. The first-order valence-electron chi connectivity index (χ1n) is 5.08. The Morgan fingerprint density at radius 3 is 2.67 bits per heavy atom. The van der Waals surface area contributed by atoms with Crippen molar-refractivity contribution >= 4 is 33.2 Å². The lowest BCUT2D eigenvalue weighted by Crippen LogP contribution is -2.35. The first-order valence-corrected chi connectivity index (χ1v) is 6.94. The highest BCUT2D eigenvalue weighted by atomic mass is 35.5. The molecule has 0 fully saturated rings. The van der Waals surface area contributed by atoms with E-state index in [0.29, 0.717) is 0 Å². The van der Waals surface area contributed by atoms with Gasteiger partial charge >= 0.3 is 0 Å². The quantitative estimate of drug-likeness (QED) is 0.684. The van der Waals surface area contributed by atoms with Gasteiger partial charge in [0, 0.05) is 18.2 Å². The molecule has 1 amide bonds. The topological polar surface area (TPSA) is 115 Å². The average molecular weight is 292 g/mol. The number of halogens is 1. The summed E-state index contributed by atoms with van der Waals surface area (Å²) in [4.78, 5) is 10.6. The Labute approximate surface area is 110 Å². The monoisotopic (exact) mass is 291 g/mol. The third kappa shape index (κ3) is 3.86. The van der Waals surface area contributed by atoms with Crippen LogP contribution in [0.25, 0.3) is 0 Å². The van der Waals surface area contributed by atoms with Crippen molar-refractivity contribution in [3.05, 3.63) is 23.2 Å². The molecule has 1 aromatic carbocycles. The summed E-state index contributed by atoms with van der Waals surface area (Å²) in [6.45, 7) is 1.53. The minimum atomic E-state index is -3.83. The van der Waals surface area contributed by atoms with Gasteiger partial charge in [-0.15, -0.1) is 0 Å². The average Bonchev–Trinajstić information content (AvgIpc) is 2.19. The van der Waals surface area contributed by atoms with Gasteiger partial charge in [-0.05, 0) is 25.1 Å². The van der Waals surface area contributed by atoms with Gasteiger partial charge in [-0.2, -0.15) is 0 Å². The van der Waals surface area contributed by atoms with Crippen molar-refractivity contribution in [3.8, 4) is 0 Å². The third-order valence-electron chi connectivity index (χ3n) is 2.11. The minimum absolute atomic E-state index is 0.0583. The Hall–Kier alpha value is -1.31. The van der Waals surface area contributed by atoms with E-state index < -0.39 is 22.0 Å². The van der Waals surface area contributed by atoms with E-state index >= 15 is 0 Å². The van der Waals surface area contributed by atoms with Gasteiger partial charge in [-0.25, -0.2) is 13.1 Å². The first-order chi connectivity index (χ1) is 8.22. The molecule has 8 heteroatoms. The molecule has 1 aromatic rings. The van der Waals surface area contributed by atoms with Gasteiger partial charge < -0.3 is 11.5 Å². The molecule has 1 atom stereocenters. The first kappa shape index (κ1) is 14.7. The summed E-state index contributed by atoms with van der Waals surface area (Å²) < 4.78 is 26.3. The van der Waals surface area contributed by atoms with Crippen molar-refractivity contribution in [2.75, 3.05) is 5.73 Å². The van der Waals surface area contributed by atoms with E-state index in [1.807, 2.05) is 0 Å². The van der Waals surface area contributed by atoms with Gasteiger partial charge in [0.05, 0.1) is 5.02 Å². The largest absolute Gasteiger partial charge is 0.399 e. The van der Waals surface area contributed by atoms with E-state index in [1.54, 1.807) is 0 Å². The number of benzene rings is 1. The van der Waals surface area contributed by atoms with Crippen LogP contribution in [0.1, 0.15) is 13.3 Å². The van der Waals surface area contributed by atoms with Crippen LogP contribution < -0.4 is 16.2 Å². The Bertz CT molecular complexity index is 559. The number of carbonyl (C=O) groups is 1. The molecule has 0 spiro atoms. The fourth-order valence-corrected chi connectivity index (χ4v) is 3.18. The number of primary amides is 1. The lowest BCUT2D eigenvalue weighted by Gasteiger charge is -2.13. The van der Waals surface area contributed by atoms with E-state index in [4.69, 9.17) is 23.1 Å². The standard InChI is InChI=1S/C10H14ClN3O3S/c1-6(4-10(13)15)14-18(16,17)9-5-7(12)2-3-8(9)11/h2-3,5-6,14H,4,12H2,1H3,(H2,13,15). The predicted octanol–water partition coefficient (Wildman–Crippen LogP) is 0.464. The van der Waals surface area contributed by atoms with E-state index in [9.17, 15) is 13.2 Å². The van der Waals surface area contributed by atoms with Crippen LogP contribution in [-0.2, 0) is 14.8 Å². The number of rotatable bonds is 5. The summed E-state index contributed by atoms with van der Waals surface area (Å²) in [6, 6.07) is 3.52. The number of nitrogen functional groups attached to an aromatic ring is 1. The summed E-state index contributed by atoms with van der Waals surface area (Å²) in [5, 5.41) is 0.0583. The van der Waals surface area contributed by atoms with E-state index in [0.717, 1.165) is 0 Å². The van der Waals surface area contributed by atoms with Crippen molar-refractivity contribution in [1.29, 1.82) is 0 Å². The fraction of sp³-hybridized carbons (Fsp3) is 0.300. The summed E-state index contributed by atoms with van der Waals surface area (Å²) in [7, 11) is -3.83. The number of nitrogens with one attached hydrogen (secondary N) is 1. The maximum atomic E-state index is 12.0. The zero-order chi connectivity index (χ0) is 13.9. The van der Waals surface area contributed by atoms with Crippen LogP contribution in [0.2, 0.25) is 5.02 Å². The molecule has 1 unspecified atom stereocenters. The zero-order valence-corrected chi connectivity index (χ0v) is 11.3. The highest BCUT2D eigenvalue weighted by Crippen LogP contribution is 2.23. The van der Waals surface area contributed by atoms with Crippen molar-refractivity contribution in [2.24, 2.45) is 5.73 Å². The number of hydrogen-bond donors (Lipinski definition) is 3. The molecule has 0 saturated carbocycles. The maximum absolute atomic E-state index is 12.0. The molecule has 18 heavy (non-hydrogen) atoms. The van der Waals surface area contributed by atoms with Gasteiger partial charge in [0.2, 0.25) is 15.9 Å². The molecule has 1 rings (SSSR count). The van der Waals surface area contributed by atoms with Crippen molar-refractivity contribution in [2.45, 2.75) is 24.3 Å². The molecule has 5 N–H and O–H groups in total. The highest BCUT2D eigenvalue weighted by molar-refractivity contribution is 7.89. The molecular formula is C10H14ClN3O3S. The van der Waals surface area contributed by atoms with Crippen LogP contribution in [0.4, 0.5) is 5.69 Å². The van der Waals surface area contributed by atoms with Crippen LogP contribution in [0.3, 0.4) is 0 Å². The lowest BCUT2D eigenvalue weighted by molar-refractivity contribution is -0.118. The zero-order valence-electron chi connectivity index (χ0n) is 9.68. The van der Waals surface area contributed by atoms with Crippen molar-refractivity contribution in [1.82, 2.24) is 4.72 Å². The predicted molar refractivity (Wildman–Crippen MR) is 69.5 cm³/mol. The number of nitrogens with two attached hydrogens (primary N) is 2. The van der Waals surface area contributed by atoms with Gasteiger partial charge in [0.1, 0.15) is 4.90 Å². The van der Waals surface area contributed by atoms with E-state index in [1.165, 1.54) is 25.1 Å². The summed E-state index contributed by atoms with van der Waals surface area (Å²) >= 11 is 5.80. The summed E-state index contributed by atoms with van der Waals surface area (Å²) in [5.41, 5.74) is 10.8. The lowest BCUT2D eigenvalue weighted by atomic mass is 10.2. The normalized spacial score (nSPS) is 13.2. The van der Waals surface area contributed by atoms with Crippen LogP contribution in [0.5, 0.6) is 0 Å². The maximum Gasteiger partial charge on any atom is 0.242 e. The van der Waals surface area contributed by atoms with Gasteiger partial charge in [0.15, 0.2) is 0 Å². The molecule has 0 saturated heterocycles. The molecule has 0 aliphatic carbocycles. The Kier molecular flexibility index (Phi) is 4.55. The SMILES string of the molecule is CC(CC(N)=O)NS(=O)(=O)c1cc(N)ccc1Cl. The molecule has 0 aromatic heterocycles. The van der Waals surface area contributed by atoms with Crippen LogP contribution in [0, 0.1) is 0 Å². The number of anilines is 1. The number of sulfonamides is 1. The van der Waals surface area contributed by atoms with Crippen molar-refractivity contribution in [3.63, 3.8) is 0 Å². The summed E-state index contributed by atoms with van der Waals surface area (Å²) in [5.74, 6) is -0.594. The van der Waals surface area contributed by atoms with Gasteiger partial charge in [0.25, 0.3) is 0 Å². The fourth-order valence-electron chi connectivity index (χ4n) is 1.40. The van der Waals surface area contributed by atoms with Crippen LogP contribution in [-0.4, -0.2) is 20.4 Å². The molecule has 100 valence electrons. The van der Waals surface area contributed by atoms with Crippen LogP contribution in [0.15, 0.2) is 23.1 Å². The number of hydrogen-bond acceptors (Lipinski definition) is 4. The molecule has 0 bridgehead atoms. The minimum Gasteiger partial charge on any atom is -0.399 e. The Balaban J connectivity index is 2.99. The smallest absolute Gasteiger partial charge is 0.242 e. The third-order valence-corrected chi connectivity index (χ3v) is 4.18. The molecule has 6 nitrogen and oxygen atoms in total. The van der Waals surface area contributed by atoms with Gasteiger partial charge in [-0.3, -0.25) is 4.79 Å². The van der Waals surface area contributed by atoms with E-state index in [-0.39, 0.29) is 22.0 Å². The highest BCUT2D eigenvalue weighted by Gasteiger charge is 2.21. The molecule has 0 radical (unpaired) electrons. The Morgan fingerprint density at radius 2 is 2.11 bits per heavy atom. The molecule has 0 aliphatic heterocycles. The molecule has 0 heterocycles. The second kappa shape index (κ2) is 5.55. The van der Waals surface area contributed by atoms with Crippen LogP contribution >= 0.6 is 11.6 Å². The second-order valence-corrected chi connectivity index (χ2v) is 5.97.